The normalized spacial score (nSPS) is 10.3. The van der Waals surface area contributed by atoms with E-state index < -0.39 is 0 Å². The number of halogens is 1. The second kappa shape index (κ2) is 9.89. The molecule has 0 fully saturated rings. The van der Waals surface area contributed by atoms with Gasteiger partial charge in [0.1, 0.15) is 0 Å². The summed E-state index contributed by atoms with van der Waals surface area (Å²) < 4.78 is 0.938. The van der Waals surface area contributed by atoms with Crippen LogP contribution in [-0.2, 0) is 4.79 Å². The van der Waals surface area contributed by atoms with Crippen molar-refractivity contribution >= 4 is 44.8 Å². The first kappa shape index (κ1) is 20.6. The number of hydrogen-bond acceptors (Lipinski definition) is 3. The molecule has 0 aliphatic heterocycles. The zero-order valence-corrected chi connectivity index (χ0v) is 17.6. The number of hydrogen-bond donors (Lipinski definition) is 2. The van der Waals surface area contributed by atoms with E-state index in [0.717, 1.165) is 15.8 Å². The summed E-state index contributed by atoms with van der Waals surface area (Å²) in [6.45, 7) is 2.61. The molecule has 148 valence electrons. The van der Waals surface area contributed by atoms with Crippen molar-refractivity contribution in [3.63, 3.8) is 0 Å². The Bertz CT molecular complexity index is 992. The highest BCUT2D eigenvalue weighted by Gasteiger charge is 2.16. The van der Waals surface area contributed by atoms with E-state index in [-0.39, 0.29) is 18.4 Å². The maximum absolute atomic E-state index is 13.0. The van der Waals surface area contributed by atoms with Gasteiger partial charge in [-0.25, -0.2) is 0 Å². The summed E-state index contributed by atoms with van der Waals surface area (Å²) in [6, 6.07) is 24.1. The molecule has 0 spiro atoms. The summed E-state index contributed by atoms with van der Waals surface area (Å²) >= 11 is 3.40. The van der Waals surface area contributed by atoms with Crippen molar-refractivity contribution < 1.29 is 9.59 Å². The van der Waals surface area contributed by atoms with Crippen molar-refractivity contribution in [2.24, 2.45) is 0 Å². The maximum Gasteiger partial charge on any atom is 0.258 e. The van der Waals surface area contributed by atoms with Crippen molar-refractivity contribution in [2.75, 3.05) is 28.6 Å². The van der Waals surface area contributed by atoms with E-state index in [9.17, 15) is 9.59 Å². The van der Waals surface area contributed by atoms with Gasteiger partial charge in [-0.1, -0.05) is 46.3 Å². The van der Waals surface area contributed by atoms with Gasteiger partial charge in [0.25, 0.3) is 5.91 Å². The van der Waals surface area contributed by atoms with Gasteiger partial charge in [-0.2, -0.15) is 0 Å². The first-order valence-electron chi connectivity index (χ1n) is 9.33. The number of carbonyl (C=O) groups is 2. The number of rotatable bonds is 7. The third-order valence-corrected chi connectivity index (χ3v) is 4.79. The van der Waals surface area contributed by atoms with Gasteiger partial charge in [-0.3, -0.25) is 9.59 Å². The number of amides is 2. The Labute approximate surface area is 178 Å². The molecule has 3 aromatic carbocycles. The van der Waals surface area contributed by atoms with E-state index in [1.807, 2.05) is 61.5 Å². The number of carbonyl (C=O) groups excluding carboxylic acids is 2. The molecule has 0 saturated heterocycles. The maximum atomic E-state index is 13.0. The second-order valence-electron chi connectivity index (χ2n) is 6.38. The summed E-state index contributed by atoms with van der Waals surface area (Å²) in [7, 11) is 0. The molecule has 3 aromatic rings. The van der Waals surface area contributed by atoms with Crippen molar-refractivity contribution in [2.45, 2.75) is 6.92 Å². The largest absolute Gasteiger partial charge is 0.376 e. The smallest absolute Gasteiger partial charge is 0.258 e. The van der Waals surface area contributed by atoms with E-state index >= 15 is 0 Å². The van der Waals surface area contributed by atoms with Crippen LogP contribution in [0.1, 0.15) is 17.3 Å². The summed E-state index contributed by atoms with van der Waals surface area (Å²) in [6.07, 6.45) is 0. The van der Waals surface area contributed by atoms with E-state index in [1.54, 1.807) is 29.2 Å². The Morgan fingerprint density at radius 1 is 0.897 bits per heavy atom. The predicted octanol–water partition coefficient (Wildman–Crippen LogP) is 5.17. The van der Waals surface area contributed by atoms with Gasteiger partial charge in [0.05, 0.1) is 6.54 Å². The third-order valence-electron chi connectivity index (χ3n) is 4.30. The van der Waals surface area contributed by atoms with E-state index in [4.69, 9.17) is 0 Å². The van der Waals surface area contributed by atoms with Gasteiger partial charge in [0, 0.05) is 33.6 Å². The minimum atomic E-state index is -0.190. The average molecular weight is 452 g/mol. The molecule has 6 heteroatoms. The number of nitrogens with one attached hydrogen (secondary N) is 2. The van der Waals surface area contributed by atoms with Gasteiger partial charge < -0.3 is 15.5 Å². The lowest BCUT2D eigenvalue weighted by atomic mass is 10.1. The van der Waals surface area contributed by atoms with Crippen LogP contribution in [0.25, 0.3) is 0 Å². The molecule has 3 rings (SSSR count). The van der Waals surface area contributed by atoms with Gasteiger partial charge in [-0.15, -0.1) is 0 Å². The monoisotopic (exact) mass is 451 g/mol. The standard InChI is InChI=1S/C23H22BrN3O2/c1-2-27(21-12-4-3-5-13-21)23(29)17-8-6-11-20(14-17)26-22(28)16-25-19-10-7-9-18(24)15-19/h3-15,25H,2,16H2,1H3,(H,26,28). The van der Waals surface area contributed by atoms with Crippen molar-refractivity contribution in [1.82, 2.24) is 0 Å². The third kappa shape index (κ3) is 5.68. The number of benzene rings is 3. The molecular formula is C23H22BrN3O2. The highest BCUT2D eigenvalue weighted by Crippen LogP contribution is 2.19. The van der Waals surface area contributed by atoms with Gasteiger partial charge in [-0.05, 0) is 55.5 Å². The van der Waals surface area contributed by atoms with Crippen molar-refractivity contribution in [3.05, 3.63) is 88.9 Å². The highest BCUT2D eigenvalue weighted by atomic mass is 79.9. The molecule has 0 bridgehead atoms. The zero-order valence-electron chi connectivity index (χ0n) is 16.1. The Morgan fingerprint density at radius 3 is 2.34 bits per heavy atom. The predicted molar refractivity (Wildman–Crippen MR) is 121 cm³/mol. The Kier molecular flexibility index (Phi) is 7.03. The average Bonchev–Trinajstić information content (AvgIpc) is 2.74. The SMILES string of the molecule is CCN(C(=O)c1cccc(NC(=O)CNc2cccc(Br)c2)c1)c1ccccc1. The lowest BCUT2D eigenvalue weighted by molar-refractivity contribution is -0.114. The summed E-state index contributed by atoms with van der Waals surface area (Å²) in [5, 5.41) is 5.91. The van der Waals surface area contributed by atoms with Crippen LogP contribution in [0.2, 0.25) is 0 Å². The molecule has 0 heterocycles. The number of anilines is 3. The van der Waals surface area contributed by atoms with Crippen molar-refractivity contribution in [1.29, 1.82) is 0 Å². The summed E-state index contributed by atoms with van der Waals surface area (Å²) in [5.41, 5.74) is 2.79. The molecule has 0 aliphatic rings. The molecule has 5 nitrogen and oxygen atoms in total. The zero-order chi connectivity index (χ0) is 20.6. The lowest BCUT2D eigenvalue weighted by Gasteiger charge is -2.21. The van der Waals surface area contributed by atoms with Crippen molar-refractivity contribution in [3.8, 4) is 0 Å². The Morgan fingerprint density at radius 2 is 1.62 bits per heavy atom. The van der Waals surface area contributed by atoms with Crippen LogP contribution < -0.4 is 15.5 Å². The molecule has 0 aromatic heterocycles. The van der Waals surface area contributed by atoms with Crippen LogP contribution in [0.15, 0.2) is 83.3 Å². The van der Waals surface area contributed by atoms with Crippen LogP contribution in [0, 0.1) is 0 Å². The molecular weight excluding hydrogens is 430 g/mol. The highest BCUT2D eigenvalue weighted by molar-refractivity contribution is 9.10. The number of nitrogens with zero attached hydrogens (tertiary/aromatic N) is 1. The second-order valence-corrected chi connectivity index (χ2v) is 7.29. The Hall–Kier alpha value is -3.12. The lowest BCUT2D eigenvalue weighted by Crippen LogP contribution is -2.30. The molecule has 0 saturated carbocycles. The van der Waals surface area contributed by atoms with Gasteiger partial charge in [0.2, 0.25) is 5.91 Å². The fraction of sp³-hybridized carbons (Fsp3) is 0.130. The number of para-hydroxylation sites is 1. The van der Waals surface area contributed by atoms with Crippen LogP contribution in [0.5, 0.6) is 0 Å². The van der Waals surface area contributed by atoms with Crippen LogP contribution in [0.3, 0.4) is 0 Å². The summed E-state index contributed by atoms with van der Waals surface area (Å²) in [4.78, 5) is 26.9. The first-order chi connectivity index (χ1) is 14.1. The molecule has 0 atom stereocenters. The molecule has 2 N–H and O–H groups in total. The molecule has 0 radical (unpaired) electrons. The molecule has 2 amide bonds. The van der Waals surface area contributed by atoms with Crippen LogP contribution >= 0.6 is 15.9 Å². The minimum Gasteiger partial charge on any atom is -0.376 e. The molecule has 29 heavy (non-hydrogen) atoms. The fourth-order valence-electron chi connectivity index (χ4n) is 2.92. The quantitative estimate of drug-likeness (QED) is 0.520. The molecule has 0 aliphatic carbocycles. The van der Waals surface area contributed by atoms with E-state index in [0.29, 0.717) is 17.8 Å². The van der Waals surface area contributed by atoms with Gasteiger partial charge >= 0.3 is 0 Å². The van der Waals surface area contributed by atoms with E-state index in [2.05, 4.69) is 26.6 Å². The first-order valence-corrected chi connectivity index (χ1v) is 10.1. The van der Waals surface area contributed by atoms with E-state index in [1.165, 1.54) is 0 Å². The topological polar surface area (TPSA) is 61.4 Å². The van der Waals surface area contributed by atoms with Crippen LogP contribution in [-0.4, -0.2) is 24.9 Å². The van der Waals surface area contributed by atoms with Gasteiger partial charge in [0.15, 0.2) is 0 Å². The summed E-state index contributed by atoms with van der Waals surface area (Å²) in [5.74, 6) is -0.299. The Balaban J connectivity index is 1.65. The van der Waals surface area contributed by atoms with Crippen LogP contribution in [0.4, 0.5) is 17.1 Å². The minimum absolute atomic E-state index is 0.109. The molecule has 0 unspecified atom stereocenters. The fourth-order valence-corrected chi connectivity index (χ4v) is 3.32.